The van der Waals surface area contributed by atoms with Crippen LogP contribution in [0.2, 0.25) is 0 Å². The zero-order chi connectivity index (χ0) is 7.23. The van der Waals surface area contributed by atoms with Gasteiger partial charge in [0.1, 0.15) is 0 Å². The highest BCUT2D eigenvalue weighted by molar-refractivity contribution is 7.99. The average Bonchev–Trinajstić information content (AvgIpc) is 1.84. The van der Waals surface area contributed by atoms with E-state index in [2.05, 4.69) is 18.7 Å². The fourth-order valence-electron chi connectivity index (χ4n) is 1.16. The van der Waals surface area contributed by atoms with Gasteiger partial charge in [0, 0.05) is 0 Å². The Morgan fingerprint density at radius 1 is 1.40 bits per heavy atom. The Hall–Kier alpha value is 0.350. The zero-order valence-electron chi connectivity index (χ0n) is 6.94. The van der Waals surface area contributed by atoms with E-state index in [-0.39, 0.29) is 0 Å². The van der Waals surface area contributed by atoms with Gasteiger partial charge in [-0.15, -0.1) is 0 Å². The van der Waals surface area contributed by atoms with Gasteiger partial charge in [-0.3, -0.25) is 0 Å². The molecule has 1 rings (SSSR count). The normalized spacial score (nSPS) is 18.9. The van der Waals surface area contributed by atoms with Crippen molar-refractivity contribution in [2.45, 2.75) is 39.0 Å². The third-order valence-corrected chi connectivity index (χ3v) is 3.50. The average molecular weight is 158 g/mol. The lowest BCUT2D eigenvalue weighted by Crippen LogP contribution is -2.13. The van der Waals surface area contributed by atoms with Crippen LogP contribution in [0.3, 0.4) is 0 Å². The zero-order valence-corrected chi connectivity index (χ0v) is 7.75. The molecule has 0 amide bonds. The maximum atomic E-state index is 2.27. The van der Waals surface area contributed by atoms with Gasteiger partial charge in [-0.25, -0.2) is 0 Å². The summed E-state index contributed by atoms with van der Waals surface area (Å²) in [5.41, 5.74) is 0. The minimum Gasteiger partial charge on any atom is -0.162 e. The fourth-order valence-corrected chi connectivity index (χ4v) is 2.48. The fraction of sp³-hybridized carbons (Fsp3) is 1.00. The van der Waals surface area contributed by atoms with Crippen molar-refractivity contribution < 1.29 is 0 Å². The highest BCUT2D eigenvalue weighted by atomic mass is 32.2. The molecular formula is C9H18S. The molecule has 0 aromatic carbocycles. The van der Waals surface area contributed by atoms with Crippen molar-refractivity contribution >= 4 is 11.8 Å². The molecule has 0 unspecified atom stereocenters. The second kappa shape index (κ2) is 5.06. The SMILES string of the molecule is CCCCSCC1CCC1. The number of hydrogen-bond donors (Lipinski definition) is 0. The first-order chi connectivity index (χ1) is 4.93. The molecule has 0 bridgehead atoms. The molecule has 1 heteroatoms. The highest BCUT2D eigenvalue weighted by Gasteiger charge is 2.16. The van der Waals surface area contributed by atoms with Crippen LogP contribution in [-0.4, -0.2) is 11.5 Å². The quantitative estimate of drug-likeness (QED) is 0.553. The Labute approximate surface area is 68.8 Å². The van der Waals surface area contributed by atoms with Gasteiger partial charge in [0.2, 0.25) is 0 Å². The molecular weight excluding hydrogens is 140 g/mol. The van der Waals surface area contributed by atoms with Crippen LogP contribution in [0.4, 0.5) is 0 Å². The molecule has 10 heavy (non-hydrogen) atoms. The van der Waals surface area contributed by atoms with Crippen LogP contribution in [0.25, 0.3) is 0 Å². The summed E-state index contributed by atoms with van der Waals surface area (Å²) < 4.78 is 0. The molecule has 0 aliphatic heterocycles. The molecule has 1 fully saturated rings. The standard InChI is InChI=1S/C9H18S/c1-2-3-7-10-8-9-5-4-6-9/h9H,2-8H2,1H3. The van der Waals surface area contributed by atoms with Gasteiger partial charge in [-0.2, -0.15) is 11.8 Å². The van der Waals surface area contributed by atoms with Crippen LogP contribution >= 0.6 is 11.8 Å². The third kappa shape index (κ3) is 2.96. The van der Waals surface area contributed by atoms with E-state index >= 15 is 0 Å². The summed E-state index contributed by atoms with van der Waals surface area (Å²) in [6.07, 6.45) is 7.30. The number of unbranched alkanes of at least 4 members (excludes halogenated alkanes) is 1. The van der Waals surface area contributed by atoms with Crippen molar-refractivity contribution in [3.63, 3.8) is 0 Å². The predicted octanol–water partition coefficient (Wildman–Crippen LogP) is 3.32. The van der Waals surface area contributed by atoms with Gasteiger partial charge >= 0.3 is 0 Å². The van der Waals surface area contributed by atoms with Crippen molar-refractivity contribution in [1.82, 2.24) is 0 Å². The molecule has 0 spiro atoms. The molecule has 0 aromatic heterocycles. The molecule has 1 aliphatic rings. The van der Waals surface area contributed by atoms with E-state index in [9.17, 15) is 0 Å². The van der Waals surface area contributed by atoms with Crippen molar-refractivity contribution in [3.05, 3.63) is 0 Å². The van der Waals surface area contributed by atoms with Crippen LogP contribution in [-0.2, 0) is 0 Å². The molecule has 1 aliphatic carbocycles. The summed E-state index contributed by atoms with van der Waals surface area (Å²) >= 11 is 2.16. The van der Waals surface area contributed by atoms with E-state index in [4.69, 9.17) is 0 Å². The first-order valence-electron chi connectivity index (χ1n) is 4.51. The summed E-state index contributed by atoms with van der Waals surface area (Å²) in [4.78, 5) is 0. The molecule has 0 N–H and O–H groups in total. The molecule has 0 heterocycles. The van der Waals surface area contributed by atoms with Gasteiger partial charge in [-0.1, -0.05) is 19.8 Å². The summed E-state index contributed by atoms with van der Waals surface area (Å²) in [5, 5.41) is 0. The van der Waals surface area contributed by atoms with E-state index in [1.807, 2.05) is 0 Å². The Balaban J connectivity index is 1.76. The van der Waals surface area contributed by atoms with Gasteiger partial charge in [0.15, 0.2) is 0 Å². The Bertz CT molecular complexity index is 76.8. The largest absolute Gasteiger partial charge is 0.162 e. The lowest BCUT2D eigenvalue weighted by atomic mass is 9.87. The van der Waals surface area contributed by atoms with Gasteiger partial charge in [0.25, 0.3) is 0 Å². The van der Waals surface area contributed by atoms with Crippen molar-refractivity contribution in [1.29, 1.82) is 0 Å². The van der Waals surface area contributed by atoms with Crippen molar-refractivity contribution in [3.8, 4) is 0 Å². The molecule has 0 atom stereocenters. The van der Waals surface area contributed by atoms with E-state index in [1.165, 1.54) is 43.6 Å². The van der Waals surface area contributed by atoms with Crippen LogP contribution in [0.15, 0.2) is 0 Å². The summed E-state index contributed by atoms with van der Waals surface area (Å²) in [5.74, 6) is 3.94. The predicted molar refractivity (Wildman–Crippen MR) is 49.6 cm³/mol. The van der Waals surface area contributed by atoms with Crippen LogP contribution in [0, 0.1) is 5.92 Å². The third-order valence-electron chi connectivity index (χ3n) is 2.22. The second-order valence-electron chi connectivity index (χ2n) is 3.23. The smallest absolute Gasteiger partial charge is 0.00391 e. The Morgan fingerprint density at radius 2 is 2.20 bits per heavy atom. The van der Waals surface area contributed by atoms with E-state index in [1.54, 1.807) is 0 Å². The number of thioether (sulfide) groups is 1. The highest BCUT2D eigenvalue weighted by Crippen LogP contribution is 2.29. The minimum atomic E-state index is 1.10. The van der Waals surface area contributed by atoms with Crippen LogP contribution in [0.1, 0.15) is 39.0 Å². The van der Waals surface area contributed by atoms with Gasteiger partial charge in [0.05, 0.1) is 0 Å². The number of rotatable bonds is 5. The molecule has 0 nitrogen and oxygen atoms in total. The minimum absolute atomic E-state index is 1.10. The maximum absolute atomic E-state index is 2.27. The molecule has 1 saturated carbocycles. The monoisotopic (exact) mass is 158 g/mol. The lowest BCUT2D eigenvalue weighted by Gasteiger charge is -2.24. The molecule has 0 saturated heterocycles. The molecule has 0 radical (unpaired) electrons. The lowest BCUT2D eigenvalue weighted by molar-refractivity contribution is 0.353. The first-order valence-corrected chi connectivity index (χ1v) is 5.66. The Kier molecular flexibility index (Phi) is 4.27. The maximum Gasteiger partial charge on any atom is -0.00391 e. The van der Waals surface area contributed by atoms with Crippen molar-refractivity contribution in [2.75, 3.05) is 11.5 Å². The van der Waals surface area contributed by atoms with Gasteiger partial charge < -0.3 is 0 Å². The molecule has 60 valence electrons. The summed E-state index contributed by atoms with van der Waals surface area (Å²) in [7, 11) is 0. The van der Waals surface area contributed by atoms with E-state index < -0.39 is 0 Å². The summed E-state index contributed by atoms with van der Waals surface area (Å²) in [6.45, 7) is 2.27. The van der Waals surface area contributed by atoms with Crippen LogP contribution < -0.4 is 0 Å². The number of hydrogen-bond acceptors (Lipinski definition) is 1. The van der Waals surface area contributed by atoms with E-state index in [0.717, 1.165) is 5.92 Å². The second-order valence-corrected chi connectivity index (χ2v) is 4.38. The summed E-state index contributed by atoms with van der Waals surface area (Å²) in [6, 6.07) is 0. The first kappa shape index (κ1) is 8.45. The Morgan fingerprint density at radius 3 is 2.70 bits per heavy atom. The van der Waals surface area contributed by atoms with E-state index in [0.29, 0.717) is 0 Å². The van der Waals surface area contributed by atoms with Gasteiger partial charge in [-0.05, 0) is 36.7 Å². The van der Waals surface area contributed by atoms with Crippen LogP contribution in [0.5, 0.6) is 0 Å². The topological polar surface area (TPSA) is 0 Å². The van der Waals surface area contributed by atoms with Crippen molar-refractivity contribution in [2.24, 2.45) is 5.92 Å². The molecule has 0 aromatic rings.